The molecule has 17 heavy (non-hydrogen) atoms. The lowest BCUT2D eigenvalue weighted by atomic mass is 9.98. The maximum atomic E-state index is 3.55. The third-order valence-corrected chi connectivity index (χ3v) is 3.32. The quantitative estimate of drug-likeness (QED) is 0.793. The van der Waals surface area contributed by atoms with Crippen molar-refractivity contribution in [3.05, 3.63) is 47.1 Å². The molecule has 0 saturated carbocycles. The van der Waals surface area contributed by atoms with E-state index in [1.807, 2.05) is 0 Å². The van der Waals surface area contributed by atoms with Gasteiger partial charge in [0.1, 0.15) is 0 Å². The van der Waals surface area contributed by atoms with E-state index in [4.69, 9.17) is 0 Å². The lowest BCUT2D eigenvalue weighted by Gasteiger charge is -2.17. The van der Waals surface area contributed by atoms with Crippen LogP contribution in [0.1, 0.15) is 38.7 Å². The normalized spacial score (nSPS) is 21.1. The van der Waals surface area contributed by atoms with E-state index in [9.17, 15) is 0 Å². The third kappa shape index (κ3) is 2.79. The van der Waals surface area contributed by atoms with Gasteiger partial charge in [0.2, 0.25) is 0 Å². The Balaban J connectivity index is 2.34. The molecule has 1 heteroatoms. The predicted molar refractivity (Wildman–Crippen MR) is 76.2 cm³/mol. The highest BCUT2D eigenvalue weighted by Gasteiger charge is 2.07. The molecule has 0 amide bonds. The maximum Gasteiger partial charge on any atom is 0.0416 e. The lowest BCUT2D eigenvalue weighted by Crippen LogP contribution is -2.09. The zero-order chi connectivity index (χ0) is 12.1. The Morgan fingerprint density at radius 3 is 2.71 bits per heavy atom. The average Bonchev–Trinajstić information content (AvgIpc) is 2.34. The molecule has 0 atom stereocenters. The molecular formula is C16H21N. The highest BCUT2D eigenvalue weighted by Crippen LogP contribution is 2.24. The largest absolute Gasteiger partial charge is 0.381 e. The van der Waals surface area contributed by atoms with Crippen molar-refractivity contribution in [1.29, 1.82) is 0 Å². The summed E-state index contributed by atoms with van der Waals surface area (Å²) in [6, 6.07) is 8.50. The van der Waals surface area contributed by atoms with Gasteiger partial charge in [0, 0.05) is 12.2 Å². The van der Waals surface area contributed by atoms with Gasteiger partial charge >= 0.3 is 0 Å². The van der Waals surface area contributed by atoms with E-state index in [0.29, 0.717) is 0 Å². The van der Waals surface area contributed by atoms with Crippen LogP contribution in [0.4, 0.5) is 5.69 Å². The van der Waals surface area contributed by atoms with Gasteiger partial charge in [-0.1, -0.05) is 50.6 Å². The fourth-order valence-electron chi connectivity index (χ4n) is 2.31. The van der Waals surface area contributed by atoms with Gasteiger partial charge in [-0.3, -0.25) is 0 Å². The first-order valence-electron chi connectivity index (χ1n) is 6.57. The first kappa shape index (κ1) is 12.0. The first-order chi connectivity index (χ1) is 8.35. The minimum absolute atomic E-state index is 0.979. The number of anilines is 1. The molecule has 0 spiro atoms. The number of nitrogens with one attached hydrogen (secondary N) is 1. The summed E-state index contributed by atoms with van der Waals surface area (Å²) in [5.74, 6) is 0. The molecule has 1 N–H and O–H groups in total. The van der Waals surface area contributed by atoms with Crippen LogP contribution in [0.15, 0.2) is 41.5 Å². The molecule has 1 aromatic carbocycles. The Kier molecular flexibility index (Phi) is 4.03. The van der Waals surface area contributed by atoms with Gasteiger partial charge < -0.3 is 5.32 Å². The van der Waals surface area contributed by atoms with Crippen molar-refractivity contribution in [2.75, 3.05) is 11.9 Å². The van der Waals surface area contributed by atoms with Gasteiger partial charge in [0.25, 0.3) is 0 Å². The maximum absolute atomic E-state index is 3.55. The number of hydrogen-bond acceptors (Lipinski definition) is 1. The first-order valence-corrected chi connectivity index (χ1v) is 6.57. The number of para-hydroxylation sites is 1. The number of benzene rings is 1. The van der Waals surface area contributed by atoms with Crippen LogP contribution in [-0.2, 0) is 0 Å². The molecule has 1 heterocycles. The number of allylic oxidation sites excluding steroid dienone is 2. The van der Waals surface area contributed by atoms with Crippen LogP contribution < -0.4 is 5.32 Å². The van der Waals surface area contributed by atoms with E-state index in [2.05, 4.69) is 55.6 Å². The van der Waals surface area contributed by atoms with Crippen molar-refractivity contribution >= 4 is 11.8 Å². The van der Waals surface area contributed by atoms with Gasteiger partial charge in [0.05, 0.1) is 0 Å². The zero-order valence-corrected chi connectivity index (χ0v) is 10.8. The second-order valence-electron chi connectivity index (χ2n) is 4.51. The van der Waals surface area contributed by atoms with E-state index < -0.39 is 0 Å². The molecule has 0 fully saturated rings. The fourth-order valence-corrected chi connectivity index (χ4v) is 2.31. The molecule has 0 aliphatic carbocycles. The molecule has 1 aromatic rings. The van der Waals surface area contributed by atoms with Crippen LogP contribution in [0.5, 0.6) is 0 Å². The summed E-state index contributed by atoms with van der Waals surface area (Å²) < 4.78 is 0. The molecule has 0 bridgehead atoms. The SMILES string of the molecule is CCCC1=C(\CC)CNc2ccccc2/C=C\1. The number of fused-ring (bicyclic) bond motifs is 1. The van der Waals surface area contributed by atoms with Gasteiger partial charge in [0.15, 0.2) is 0 Å². The van der Waals surface area contributed by atoms with Gasteiger partial charge in [-0.25, -0.2) is 0 Å². The van der Waals surface area contributed by atoms with E-state index in [-0.39, 0.29) is 0 Å². The molecule has 0 saturated heterocycles. The van der Waals surface area contributed by atoms with Crippen molar-refractivity contribution < 1.29 is 0 Å². The van der Waals surface area contributed by atoms with Gasteiger partial charge in [-0.05, 0) is 35.6 Å². The minimum Gasteiger partial charge on any atom is -0.381 e. The molecule has 0 aromatic heterocycles. The molecule has 1 aliphatic heterocycles. The fraction of sp³-hybridized carbons (Fsp3) is 0.375. The summed E-state index contributed by atoms with van der Waals surface area (Å²) in [5.41, 5.74) is 5.58. The summed E-state index contributed by atoms with van der Waals surface area (Å²) in [4.78, 5) is 0. The Labute approximate surface area is 104 Å². The Hall–Kier alpha value is -1.50. The molecule has 0 unspecified atom stereocenters. The smallest absolute Gasteiger partial charge is 0.0416 e. The summed E-state index contributed by atoms with van der Waals surface area (Å²) in [6.45, 7) is 5.47. The third-order valence-electron chi connectivity index (χ3n) is 3.32. The van der Waals surface area contributed by atoms with Crippen molar-refractivity contribution in [3.63, 3.8) is 0 Å². The topological polar surface area (TPSA) is 12.0 Å². The second kappa shape index (κ2) is 5.72. The Morgan fingerprint density at radius 2 is 1.94 bits per heavy atom. The Bertz CT molecular complexity index is 441. The number of rotatable bonds is 3. The molecule has 2 rings (SSSR count). The molecule has 0 radical (unpaired) electrons. The number of hydrogen-bond donors (Lipinski definition) is 1. The summed E-state index contributed by atoms with van der Waals surface area (Å²) in [5, 5.41) is 3.55. The van der Waals surface area contributed by atoms with Crippen LogP contribution in [0.25, 0.3) is 6.08 Å². The van der Waals surface area contributed by atoms with E-state index in [1.165, 1.54) is 35.2 Å². The highest BCUT2D eigenvalue weighted by atomic mass is 14.9. The Morgan fingerprint density at radius 1 is 1.12 bits per heavy atom. The molecule has 1 nitrogen and oxygen atoms in total. The summed E-state index contributed by atoms with van der Waals surface area (Å²) >= 11 is 0. The average molecular weight is 227 g/mol. The van der Waals surface area contributed by atoms with Crippen molar-refractivity contribution in [2.24, 2.45) is 0 Å². The van der Waals surface area contributed by atoms with E-state index in [0.717, 1.165) is 13.0 Å². The predicted octanol–water partition coefficient (Wildman–Crippen LogP) is 4.63. The molecular weight excluding hydrogens is 206 g/mol. The molecule has 90 valence electrons. The van der Waals surface area contributed by atoms with Crippen LogP contribution in [-0.4, -0.2) is 6.54 Å². The van der Waals surface area contributed by atoms with E-state index in [1.54, 1.807) is 0 Å². The zero-order valence-electron chi connectivity index (χ0n) is 10.8. The summed E-state index contributed by atoms with van der Waals surface area (Å²) in [6.07, 6.45) is 8.08. The van der Waals surface area contributed by atoms with Gasteiger partial charge in [-0.15, -0.1) is 0 Å². The van der Waals surface area contributed by atoms with E-state index >= 15 is 0 Å². The molecule has 1 aliphatic rings. The second-order valence-corrected chi connectivity index (χ2v) is 4.51. The highest BCUT2D eigenvalue weighted by molar-refractivity contribution is 5.69. The van der Waals surface area contributed by atoms with Gasteiger partial charge in [-0.2, -0.15) is 0 Å². The van der Waals surface area contributed by atoms with Crippen LogP contribution in [0.2, 0.25) is 0 Å². The van der Waals surface area contributed by atoms with Crippen LogP contribution >= 0.6 is 0 Å². The van der Waals surface area contributed by atoms with Crippen LogP contribution in [0.3, 0.4) is 0 Å². The van der Waals surface area contributed by atoms with Crippen molar-refractivity contribution in [1.82, 2.24) is 0 Å². The van der Waals surface area contributed by atoms with Crippen LogP contribution in [0, 0.1) is 0 Å². The lowest BCUT2D eigenvalue weighted by molar-refractivity contribution is 0.886. The summed E-state index contributed by atoms with van der Waals surface area (Å²) in [7, 11) is 0. The standard InChI is InChI=1S/C16H21N/c1-3-7-14-10-11-15-8-5-6-9-16(15)17-12-13(14)4-2/h5-6,8-11,17H,3-4,7,12H2,1-2H3/b11-10-,14-13-. The minimum atomic E-state index is 0.979. The van der Waals surface area contributed by atoms with Crippen molar-refractivity contribution in [3.8, 4) is 0 Å². The van der Waals surface area contributed by atoms with Crippen molar-refractivity contribution in [2.45, 2.75) is 33.1 Å². The monoisotopic (exact) mass is 227 g/mol.